The van der Waals surface area contributed by atoms with Gasteiger partial charge in [-0.2, -0.15) is 0 Å². The van der Waals surface area contributed by atoms with E-state index in [4.69, 9.17) is 4.42 Å². The highest BCUT2D eigenvalue weighted by atomic mass is 16.3. The number of hydrogen-bond donors (Lipinski definition) is 2. The van der Waals surface area contributed by atoms with Crippen LogP contribution in [-0.2, 0) is 11.2 Å². The van der Waals surface area contributed by atoms with Gasteiger partial charge in [-0.3, -0.25) is 4.79 Å². The van der Waals surface area contributed by atoms with Crippen LogP contribution in [0.25, 0.3) is 11.5 Å². The van der Waals surface area contributed by atoms with E-state index >= 15 is 0 Å². The molecule has 25 heavy (non-hydrogen) atoms. The molecule has 1 unspecified atom stereocenters. The molecule has 1 aromatic heterocycles. The van der Waals surface area contributed by atoms with Crippen LogP contribution in [0.15, 0.2) is 65.3 Å². The fourth-order valence-corrected chi connectivity index (χ4v) is 2.61. The number of aromatic nitrogens is 1. The van der Waals surface area contributed by atoms with Crippen molar-refractivity contribution in [1.82, 2.24) is 10.3 Å². The number of hydrogen-bond acceptors (Lipinski definition) is 4. The van der Waals surface area contributed by atoms with E-state index in [0.29, 0.717) is 11.6 Å². The number of oxazole rings is 1. The molecule has 128 valence electrons. The molecule has 1 amide bonds. The van der Waals surface area contributed by atoms with Gasteiger partial charge in [0.2, 0.25) is 11.8 Å². The Morgan fingerprint density at radius 3 is 2.64 bits per heavy atom. The van der Waals surface area contributed by atoms with E-state index in [0.717, 1.165) is 16.7 Å². The molecule has 0 radical (unpaired) electrons. The van der Waals surface area contributed by atoms with Crippen LogP contribution in [0.3, 0.4) is 0 Å². The average molecular weight is 336 g/mol. The zero-order valence-electron chi connectivity index (χ0n) is 14.0. The molecular weight excluding hydrogens is 316 g/mol. The number of aliphatic hydroxyl groups is 1. The molecular formula is C20H20N2O3. The van der Waals surface area contributed by atoms with E-state index < -0.39 is 6.10 Å². The lowest BCUT2D eigenvalue weighted by molar-refractivity contribution is -0.121. The monoisotopic (exact) mass is 336 g/mol. The van der Waals surface area contributed by atoms with Crippen molar-refractivity contribution in [2.24, 2.45) is 0 Å². The minimum absolute atomic E-state index is 0.108. The summed E-state index contributed by atoms with van der Waals surface area (Å²) in [5.41, 5.74) is 3.23. The summed E-state index contributed by atoms with van der Waals surface area (Å²) in [6.45, 7) is 2.09. The highest BCUT2D eigenvalue weighted by Crippen LogP contribution is 2.18. The lowest BCUT2D eigenvalue weighted by Crippen LogP contribution is -2.30. The molecule has 2 aromatic carbocycles. The third kappa shape index (κ3) is 4.33. The Balaban J connectivity index is 1.55. The predicted octanol–water partition coefficient (Wildman–Crippen LogP) is 3.04. The average Bonchev–Trinajstić information content (AvgIpc) is 3.09. The first-order valence-electron chi connectivity index (χ1n) is 8.13. The van der Waals surface area contributed by atoms with Gasteiger partial charge in [-0.25, -0.2) is 4.98 Å². The molecule has 2 N–H and O–H groups in total. The van der Waals surface area contributed by atoms with E-state index in [1.165, 1.54) is 6.26 Å². The second-order valence-electron chi connectivity index (χ2n) is 5.86. The molecule has 0 saturated carbocycles. The fraction of sp³-hybridized carbons (Fsp3) is 0.200. The van der Waals surface area contributed by atoms with Gasteiger partial charge in [0, 0.05) is 12.1 Å². The van der Waals surface area contributed by atoms with Gasteiger partial charge in [0.25, 0.3) is 0 Å². The van der Waals surface area contributed by atoms with Crippen LogP contribution in [0, 0.1) is 6.92 Å². The van der Waals surface area contributed by atoms with Crippen LogP contribution in [0.2, 0.25) is 0 Å². The smallest absolute Gasteiger partial charge is 0.226 e. The van der Waals surface area contributed by atoms with Crippen LogP contribution in [0.1, 0.15) is 22.9 Å². The Hall–Kier alpha value is -2.92. The Bertz CT molecular complexity index is 843. The lowest BCUT2D eigenvalue weighted by Gasteiger charge is -2.14. The molecule has 0 fully saturated rings. The summed E-state index contributed by atoms with van der Waals surface area (Å²) >= 11 is 0. The molecule has 0 aliphatic rings. The molecule has 0 spiro atoms. The number of carbonyl (C=O) groups excluding carboxylic acids is 1. The Morgan fingerprint density at radius 1 is 1.16 bits per heavy atom. The van der Waals surface area contributed by atoms with Gasteiger partial charge < -0.3 is 14.8 Å². The van der Waals surface area contributed by atoms with Crippen molar-refractivity contribution in [2.45, 2.75) is 19.4 Å². The molecule has 3 aromatic rings. The van der Waals surface area contributed by atoms with E-state index in [1.54, 1.807) is 0 Å². The number of benzene rings is 2. The fourth-order valence-electron chi connectivity index (χ4n) is 2.61. The SMILES string of the molecule is Cc1ccccc1C(O)CNC(=O)Cc1coc(-c2ccccc2)n1. The summed E-state index contributed by atoms with van der Waals surface area (Å²) < 4.78 is 5.42. The molecule has 1 atom stereocenters. The summed E-state index contributed by atoms with van der Waals surface area (Å²) in [5, 5.41) is 13.0. The Morgan fingerprint density at radius 2 is 1.88 bits per heavy atom. The number of carbonyl (C=O) groups is 1. The van der Waals surface area contributed by atoms with E-state index in [2.05, 4.69) is 10.3 Å². The van der Waals surface area contributed by atoms with Gasteiger partial charge in [-0.1, -0.05) is 42.5 Å². The summed E-state index contributed by atoms with van der Waals surface area (Å²) in [7, 11) is 0. The quantitative estimate of drug-likeness (QED) is 0.725. The molecule has 0 aliphatic heterocycles. The number of rotatable bonds is 6. The molecule has 1 heterocycles. The lowest BCUT2D eigenvalue weighted by atomic mass is 10.0. The Kier molecular flexibility index (Phi) is 5.26. The number of amides is 1. The number of aryl methyl sites for hydroxylation is 1. The highest BCUT2D eigenvalue weighted by molar-refractivity contribution is 5.78. The number of aliphatic hydroxyl groups excluding tert-OH is 1. The van der Waals surface area contributed by atoms with Gasteiger partial charge in [0.1, 0.15) is 6.26 Å². The van der Waals surface area contributed by atoms with Crippen LogP contribution < -0.4 is 5.32 Å². The normalized spacial score (nSPS) is 11.9. The minimum atomic E-state index is -0.734. The Labute approximate surface area is 146 Å². The van der Waals surface area contributed by atoms with Crippen molar-refractivity contribution in [2.75, 3.05) is 6.54 Å². The first-order chi connectivity index (χ1) is 12.1. The maximum absolute atomic E-state index is 12.1. The van der Waals surface area contributed by atoms with Gasteiger partial charge in [-0.15, -0.1) is 0 Å². The summed E-state index contributed by atoms with van der Waals surface area (Å²) in [5.74, 6) is 0.281. The molecule has 5 heteroatoms. The zero-order valence-corrected chi connectivity index (χ0v) is 14.0. The molecule has 0 saturated heterocycles. The van der Waals surface area contributed by atoms with Crippen molar-refractivity contribution in [3.8, 4) is 11.5 Å². The number of nitrogens with zero attached hydrogens (tertiary/aromatic N) is 1. The van der Waals surface area contributed by atoms with Crippen molar-refractivity contribution in [3.05, 3.63) is 77.7 Å². The van der Waals surface area contributed by atoms with Crippen LogP contribution in [0.5, 0.6) is 0 Å². The summed E-state index contributed by atoms with van der Waals surface area (Å²) in [6, 6.07) is 17.1. The van der Waals surface area contributed by atoms with Gasteiger partial charge >= 0.3 is 0 Å². The predicted molar refractivity (Wildman–Crippen MR) is 94.8 cm³/mol. The third-order valence-electron chi connectivity index (χ3n) is 3.95. The van der Waals surface area contributed by atoms with Gasteiger partial charge in [0.15, 0.2) is 0 Å². The largest absolute Gasteiger partial charge is 0.444 e. The van der Waals surface area contributed by atoms with Crippen molar-refractivity contribution in [1.29, 1.82) is 0 Å². The van der Waals surface area contributed by atoms with Crippen LogP contribution in [-0.4, -0.2) is 22.5 Å². The topological polar surface area (TPSA) is 75.4 Å². The highest BCUT2D eigenvalue weighted by Gasteiger charge is 2.13. The number of nitrogens with one attached hydrogen (secondary N) is 1. The first kappa shape index (κ1) is 16.9. The van der Waals surface area contributed by atoms with Crippen molar-refractivity contribution < 1.29 is 14.3 Å². The molecule has 0 bridgehead atoms. The maximum Gasteiger partial charge on any atom is 0.226 e. The van der Waals surface area contributed by atoms with Crippen molar-refractivity contribution >= 4 is 5.91 Å². The van der Waals surface area contributed by atoms with Gasteiger partial charge in [-0.05, 0) is 30.2 Å². The second-order valence-corrected chi connectivity index (χ2v) is 5.86. The second kappa shape index (κ2) is 7.77. The first-order valence-corrected chi connectivity index (χ1v) is 8.13. The van der Waals surface area contributed by atoms with Crippen LogP contribution in [0.4, 0.5) is 0 Å². The molecule has 3 rings (SSSR count). The van der Waals surface area contributed by atoms with Gasteiger partial charge in [0.05, 0.1) is 18.2 Å². The summed E-state index contributed by atoms with van der Waals surface area (Å²) in [6.07, 6.45) is 0.860. The molecule has 5 nitrogen and oxygen atoms in total. The standard InChI is InChI=1S/C20H20N2O3/c1-14-7-5-6-10-17(14)18(23)12-21-19(24)11-16-13-25-20(22-16)15-8-3-2-4-9-15/h2-10,13,18,23H,11-12H2,1H3,(H,21,24). The van der Waals surface area contributed by atoms with E-state index in [-0.39, 0.29) is 18.9 Å². The summed E-state index contributed by atoms with van der Waals surface area (Å²) in [4.78, 5) is 16.4. The van der Waals surface area contributed by atoms with E-state index in [9.17, 15) is 9.90 Å². The van der Waals surface area contributed by atoms with Crippen molar-refractivity contribution in [3.63, 3.8) is 0 Å². The van der Waals surface area contributed by atoms with E-state index in [1.807, 2.05) is 61.5 Å². The molecule has 0 aliphatic carbocycles. The third-order valence-corrected chi connectivity index (χ3v) is 3.95. The zero-order chi connectivity index (χ0) is 17.6. The van der Waals surface area contributed by atoms with Crippen LogP contribution >= 0.6 is 0 Å². The maximum atomic E-state index is 12.1. The minimum Gasteiger partial charge on any atom is -0.444 e.